The number of anilines is 1. The summed E-state index contributed by atoms with van der Waals surface area (Å²) in [5, 5.41) is 1.01. The summed E-state index contributed by atoms with van der Waals surface area (Å²) >= 11 is 1.52. The van der Waals surface area contributed by atoms with Gasteiger partial charge in [-0.1, -0.05) is 11.3 Å². The van der Waals surface area contributed by atoms with Crippen LogP contribution in [0.3, 0.4) is 0 Å². The molecule has 0 radical (unpaired) electrons. The van der Waals surface area contributed by atoms with Crippen molar-refractivity contribution in [2.45, 2.75) is 19.8 Å². The van der Waals surface area contributed by atoms with Gasteiger partial charge in [-0.05, 0) is 39.8 Å². The van der Waals surface area contributed by atoms with E-state index in [2.05, 4.69) is 28.9 Å². The molecule has 1 saturated heterocycles. The maximum Gasteiger partial charge on any atom is 0.186 e. The Morgan fingerprint density at radius 3 is 2.61 bits per heavy atom. The largest absolute Gasteiger partial charge is 0.348 e. The van der Waals surface area contributed by atoms with Gasteiger partial charge in [-0.3, -0.25) is 4.79 Å². The molecule has 1 fully saturated rings. The van der Waals surface area contributed by atoms with E-state index in [4.69, 9.17) is 0 Å². The molecule has 0 amide bonds. The van der Waals surface area contributed by atoms with E-state index in [0.717, 1.165) is 41.0 Å². The minimum absolute atomic E-state index is 0.764. The molecule has 1 aromatic heterocycles. The van der Waals surface area contributed by atoms with Gasteiger partial charge in [0.25, 0.3) is 0 Å². The lowest BCUT2D eigenvalue weighted by atomic mass is 9.97. The van der Waals surface area contributed by atoms with Gasteiger partial charge >= 0.3 is 0 Å². The summed E-state index contributed by atoms with van der Waals surface area (Å²) in [7, 11) is 4.26. The number of carbonyl (C=O) groups is 1. The van der Waals surface area contributed by atoms with Crippen LogP contribution in [0.1, 0.15) is 28.2 Å². The van der Waals surface area contributed by atoms with Gasteiger partial charge in [-0.15, -0.1) is 0 Å². The molecule has 1 aliphatic rings. The van der Waals surface area contributed by atoms with Crippen molar-refractivity contribution in [2.75, 3.05) is 38.6 Å². The Morgan fingerprint density at radius 1 is 1.44 bits per heavy atom. The molecule has 4 nitrogen and oxygen atoms in total. The number of rotatable bonds is 4. The third-order valence-electron chi connectivity index (χ3n) is 3.44. The van der Waals surface area contributed by atoms with Crippen LogP contribution in [-0.2, 0) is 0 Å². The Kier molecular flexibility index (Phi) is 4.35. The zero-order valence-electron chi connectivity index (χ0n) is 11.3. The van der Waals surface area contributed by atoms with Gasteiger partial charge in [0.2, 0.25) is 0 Å². The van der Waals surface area contributed by atoms with E-state index in [-0.39, 0.29) is 0 Å². The van der Waals surface area contributed by atoms with Gasteiger partial charge in [-0.2, -0.15) is 0 Å². The maximum atomic E-state index is 10.8. The third kappa shape index (κ3) is 3.09. The first kappa shape index (κ1) is 13.5. The quantitative estimate of drug-likeness (QED) is 0.782. The van der Waals surface area contributed by atoms with Crippen LogP contribution in [0.15, 0.2) is 0 Å². The normalized spacial score (nSPS) is 17.4. The van der Waals surface area contributed by atoms with Crippen molar-refractivity contribution in [3.05, 3.63) is 10.6 Å². The number of hydrogen-bond acceptors (Lipinski definition) is 5. The third-order valence-corrected chi connectivity index (χ3v) is 4.58. The minimum atomic E-state index is 0.764. The molecule has 100 valence electrons. The lowest BCUT2D eigenvalue weighted by molar-refractivity contribution is 0.112. The fourth-order valence-electron chi connectivity index (χ4n) is 2.46. The molecule has 0 unspecified atom stereocenters. The van der Waals surface area contributed by atoms with E-state index in [1.807, 2.05) is 6.92 Å². The van der Waals surface area contributed by atoms with Crippen molar-refractivity contribution in [1.82, 2.24) is 9.88 Å². The van der Waals surface area contributed by atoms with E-state index in [1.165, 1.54) is 30.7 Å². The molecule has 0 atom stereocenters. The smallest absolute Gasteiger partial charge is 0.186 e. The molecule has 0 aromatic carbocycles. The van der Waals surface area contributed by atoms with Crippen LogP contribution in [0.4, 0.5) is 5.13 Å². The summed E-state index contributed by atoms with van der Waals surface area (Å²) in [5.74, 6) is 0.794. The lowest BCUT2D eigenvalue weighted by Gasteiger charge is -2.32. The topological polar surface area (TPSA) is 36.4 Å². The van der Waals surface area contributed by atoms with E-state index in [0.29, 0.717) is 0 Å². The van der Waals surface area contributed by atoms with E-state index >= 15 is 0 Å². The highest BCUT2D eigenvalue weighted by atomic mass is 32.1. The Morgan fingerprint density at radius 2 is 2.11 bits per heavy atom. The lowest BCUT2D eigenvalue weighted by Crippen LogP contribution is -2.37. The molecule has 1 aliphatic heterocycles. The number of carbonyl (C=O) groups excluding carboxylic acids is 1. The van der Waals surface area contributed by atoms with Gasteiger partial charge in [0, 0.05) is 19.6 Å². The molecule has 1 aromatic rings. The number of nitrogens with zero attached hydrogens (tertiary/aromatic N) is 3. The number of aryl methyl sites for hydroxylation is 1. The first-order valence-corrected chi connectivity index (χ1v) is 7.24. The summed E-state index contributed by atoms with van der Waals surface area (Å²) < 4.78 is 0. The zero-order valence-corrected chi connectivity index (χ0v) is 12.2. The van der Waals surface area contributed by atoms with Gasteiger partial charge in [0.05, 0.1) is 10.6 Å². The van der Waals surface area contributed by atoms with Gasteiger partial charge < -0.3 is 9.80 Å². The standard InChI is InChI=1S/C13H21N3OS/c1-10-12(9-17)18-13(14-10)16-6-4-11(5-7-16)8-15(2)3/h9,11H,4-8H2,1-3H3. The average molecular weight is 267 g/mol. The van der Waals surface area contributed by atoms with Gasteiger partial charge in [0.1, 0.15) is 0 Å². The maximum absolute atomic E-state index is 10.8. The molecular weight excluding hydrogens is 246 g/mol. The predicted molar refractivity (Wildman–Crippen MR) is 75.7 cm³/mol. The van der Waals surface area contributed by atoms with Gasteiger partial charge in [0.15, 0.2) is 11.4 Å². The van der Waals surface area contributed by atoms with E-state index in [9.17, 15) is 4.79 Å². The number of piperidine rings is 1. The van der Waals surface area contributed by atoms with Crippen LogP contribution >= 0.6 is 11.3 Å². The van der Waals surface area contributed by atoms with Crippen molar-refractivity contribution in [1.29, 1.82) is 0 Å². The number of aromatic nitrogens is 1. The number of aldehydes is 1. The summed E-state index contributed by atoms with van der Waals surface area (Å²) in [4.78, 5) is 20.7. The van der Waals surface area contributed by atoms with Crippen molar-refractivity contribution in [3.63, 3.8) is 0 Å². The summed E-state index contributed by atoms with van der Waals surface area (Å²) in [6.45, 7) is 5.19. The second kappa shape index (κ2) is 5.80. The summed E-state index contributed by atoms with van der Waals surface area (Å²) in [5.41, 5.74) is 0.861. The molecule has 0 N–H and O–H groups in total. The fourth-order valence-corrected chi connectivity index (χ4v) is 3.39. The van der Waals surface area contributed by atoms with Crippen LogP contribution in [0, 0.1) is 12.8 Å². The van der Waals surface area contributed by atoms with Crippen molar-refractivity contribution < 1.29 is 4.79 Å². The molecule has 0 aliphatic carbocycles. The fraction of sp³-hybridized carbons (Fsp3) is 0.692. The first-order valence-electron chi connectivity index (χ1n) is 6.42. The van der Waals surface area contributed by atoms with Crippen LogP contribution in [0.25, 0.3) is 0 Å². The Bertz CT molecular complexity index is 408. The predicted octanol–water partition coefficient (Wildman–Crippen LogP) is 2.04. The Balaban J connectivity index is 1.94. The SMILES string of the molecule is Cc1nc(N2CCC(CN(C)C)CC2)sc1C=O. The molecular formula is C13H21N3OS. The van der Waals surface area contributed by atoms with Crippen molar-refractivity contribution in [2.24, 2.45) is 5.92 Å². The Hall–Kier alpha value is -0.940. The summed E-state index contributed by atoms with van der Waals surface area (Å²) in [6, 6.07) is 0. The van der Waals surface area contributed by atoms with E-state index in [1.54, 1.807) is 0 Å². The molecule has 0 bridgehead atoms. The van der Waals surface area contributed by atoms with Crippen LogP contribution in [-0.4, -0.2) is 49.9 Å². The second-order valence-corrected chi connectivity index (χ2v) is 6.27. The average Bonchev–Trinajstić information content (AvgIpc) is 2.71. The van der Waals surface area contributed by atoms with Crippen LogP contribution in [0.5, 0.6) is 0 Å². The Labute approximate surface area is 113 Å². The minimum Gasteiger partial charge on any atom is -0.348 e. The zero-order chi connectivity index (χ0) is 13.1. The molecule has 18 heavy (non-hydrogen) atoms. The highest BCUT2D eigenvalue weighted by molar-refractivity contribution is 7.17. The summed E-state index contributed by atoms with van der Waals surface area (Å²) in [6.07, 6.45) is 3.34. The monoisotopic (exact) mass is 267 g/mol. The molecule has 5 heteroatoms. The van der Waals surface area contributed by atoms with Crippen LogP contribution in [0.2, 0.25) is 0 Å². The van der Waals surface area contributed by atoms with Crippen molar-refractivity contribution in [3.8, 4) is 0 Å². The van der Waals surface area contributed by atoms with E-state index < -0.39 is 0 Å². The number of hydrogen-bond donors (Lipinski definition) is 0. The van der Waals surface area contributed by atoms with Gasteiger partial charge in [-0.25, -0.2) is 4.98 Å². The molecule has 0 spiro atoms. The molecule has 0 saturated carbocycles. The second-order valence-electron chi connectivity index (χ2n) is 5.26. The molecule has 2 heterocycles. The highest BCUT2D eigenvalue weighted by Gasteiger charge is 2.22. The first-order chi connectivity index (χ1) is 8.60. The number of thiazole rings is 1. The highest BCUT2D eigenvalue weighted by Crippen LogP contribution is 2.28. The molecule has 2 rings (SSSR count). The van der Waals surface area contributed by atoms with Crippen molar-refractivity contribution >= 4 is 22.8 Å². The van der Waals surface area contributed by atoms with Crippen LogP contribution < -0.4 is 4.90 Å².